The number of amides is 4. The van der Waals surface area contributed by atoms with Gasteiger partial charge in [-0.25, -0.2) is 18.3 Å². The third-order valence-electron chi connectivity index (χ3n) is 6.22. The van der Waals surface area contributed by atoms with E-state index in [0.29, 0.717) is 30.3 Å². The molecule has 0 aliphatic carbocycles. The van der Waals surface area contributed by atoms with Crippen LogP contribution in [-0.2, 0) is 26.2 Å². The number of nitrogens with zero attached hydrogens (tertiary/aromatic N) is 3. The largest absolute Gasteiger partial charge is 0.497 e. The molecule has 0 spiro atoms. The standard InChI is InChI=1S/C25H31F2N5O6S.2H2S/c1-30(2)24(34)22-6-5-11-32(22)39(36,37)29-25(35)28-21(14-16-12-17(26)15-18(27)13-16)23(33)31(3)19-7-9-20(38-4)10-8-19;;/h7-10,12-13,15,21-22H,5-6,11,14H2,1-4H3,(H2,28,29,35);2*1H2/t21-,22-;;/m0../s1. The lowest BCUT2D eigenvalue weighted by Crippen LogP contribution is -2.56. The van der Waals surface area contributed by atoms with Gasteiger partial charge in [-0.3, -0.25) is 9.59 Å². The molecule has 0 radical (unpaired) electrons. The summed E-state index contributed by atoms with van der Waals surface area (Å²) in [7, 11) is 1.45. The van der Waals surface area contributed by atoms with Gasteiger partial charge in [-0.1, -0.05) is 0 Å². The average Bonchev–Trinajstić information content (AvgIpc) is 3.37. The molecule has 2 aromatic rings. The predicted molar refractivity (Wildman–Crippen MR) is 160 cm³/mol. The first-order chi connectivity index (χ1) is 18.3. The lowest BCUT2D eigenvalue weighted by molar-refractivity contribution is -0.132. The number of methoxy groups -OCH3 is 1. The highest BCUT2D eigenvalue weighted by atomic mass is 32.2. The first-order valence-electron chi connectivity index (χ1n) is 12.0. The monoisotopic (exact) mass is 635 g/mol. The Balaban J connectivity index is 0.00000420. The third kappa shape index (κ3) is 9.21. The molecule has 1 fully saturated rings. The summed E-state index contributed by atoms with van der Waals surface area (Å²) in [6.45, 7) is 0.0258. The highest BCUT2D eigenvalue weighted by Crippen LogP contribution is 2.22. The molecule has 4 amide bonds. The van der Waals surface area contributed by atoms with E-state index in [-0.39, 0.29) is 45.5 Å². The molecule has 0 aromatic heterocycles. The Morgan fingerprint density at radius 3 is 2.17 bits per heavy atom. The fourth-order valence-electron chi connectivity index (χ4n) is 4.27. The first-order valence-corrected chi connectivity index (χ1v) is 13.4. The second-order valence-electron chi connectivity index (χ2n) is 9.21. The Hall–Kier alpha value is -3.08. The molecule has 0 unspecified atom stereocenters. The summed E-state index contributed by atoms with van der Waals surface area (Å²) < 4.78 is 61.5. The molecule has 41 heavy (non-hydrogen) atoms. The van der Waals surface area contributed by atoms with Crippen molar-refractivity contribution < 1.29 is 36.3 Å². The molecule has 16 heteroatoms. The second-order valence-corrected chi connectivity index (χ2v) is 10.8. The topological polar surface area (TPSA) is 128 Å². The van der Waals surface area contributed by atoms with E-state index >= 15 is 0 Å². The van der Waals surface area contributed by atoms with Crippen molar-refractivity contribution in [1.29, 1.82) is 0 Å². The number of carbonyl (C=O) groups excluding carboxylic acids is 3. The zero-order valence-corrected chi connectivity index (χ0v) is 25.8. The Morgan fingerprint density at radius 2 is 1.63 bits per heavy atom. The average molecular weight is 636 g/mol. The second kappa shape index (κ2) is 15.2. The summed E-state index contributed by atoms with van der Waals surface area (Å²) >= 11 is 0. The number of anilines is 1. The van der Waals surface area contributed by atoms with Gasteiger partial charge in [-0.15, -0.1) is 0 Å². The number of urea groups is 1. The van der Waals surface area contributed by atoms with Crippen LogP contribution in [0.4, 0.5) is 19.3 Å². The van der Waals surface area contributed by atoms with Crippen molar-refractivity contribution in [3.8, 4) is 5.75 Å². The van der Waals surface area contributed by atoms with Crippen molar-refractivity contribution in [2.24, 2.45) is 0 Å². The molecule has 2 aromatic carbocycles. The zero-order valence-electron chi connectivity index (χ0n) is 23.0. The van der Waals surface area contributed by atoms with Crippen LogP contribution in [0, 0.1) is 11.6 Å². The molecule has 0 saturated carbocycles. The summed E-state index contributed by atoms with van der Waals surface area (Å²) in [6.07, 6.45) is 0.372. The van der Waals surface area contributed by atoms with E-state index in [1.54, 1.807) is 24.3 Å². The number of halogens is 2. The van der Waals surface area contributed by atoms with Gasteiger partial charge in [0.1, 0.15) is 29.5 Å². The van der Waals surface area contributed by atoms with E-state index in [1.807, 2.05) is 4.72 Å². The number of benzene rings is 2. The van der Waals surface area contributed by atoms with Crippen molar-refractivity contribution in [2.45, 2.75) is 31.3 Å². The van der Waals surface area contributed by atoms with Gasteiger partial charge in [0, 0.05) is 45.9 Å². The van der Waals surface area contributed by atoms with Gasteiger partial charge in [0.05, 0.1) is 7.11 Å². The van der Waals surface area contributed by atoms with E-state index < -0.39 is 51.8 Å². The van der Waals surface area contributed by atoms with Gasteiger partial charge in [0.2, 0.25) is 11.8 Å². The highest BCUT2D eigenvalue weighted by molar-refractivity contribution is 7.87. The molecule has 2 atom stereocenters. The van der Waals surface area contributed by atoms with Gasteiger partial charge < -0.3 is 19.9 Å². The lowest BCUT2D eigenvalue weighted by atomic mass is 10.0. The fourth-order valence-corrected chi connectivity index (χ4v) is 5.58. The number of rotatable bonds is 9. The van der Waals surface area contributed by atoms with E-state index in [2.05, 4.69) is 5.32 Å². The number of ether oxygens (including phenoxy) is 1. The quantitative estimate of drug-likeness (QED) is 0.433. The van der Waals surface area contributed by atoms with E-state index in [1.165, 1.54) is 38.1 Å². The molecular weight excluding hydrogens is 601 g/mol. The summed E-state index contributed by atoms with van der Waals surface area (Å²) in [6, 6.07) is 5.47. The van der Waals surface area contributed by atoms with Crippen LogP contribution in [0.2, 0.25) is 0 Å². The van der Waals surface area contributed by atoms with Crippen LogP contribution in [-0.4, -0.2) is 82.3 Å². The minimum atomic E-state index is -4.46. The molecule has 0 bridgehead atoms. The van der Waals surface area contributed by atoms with Crippen LogP contribution in [0.25, 0.3) is 0 Å². The minimum Gasteiger partial charge on any atom is -0.497 e. The maximum Gasteiger partial charge on any atom is 0.330 e. The summed E-state index contributed by atoms with van der Waals surface area (Å²) in [5.41, 5.74) is 0.487. The van der Waals surface area contributed by atoms with Crippen molar-refractivity contribution >= 4 is 60.7 Å². The molecule has 228 valence electrons. The molecule has 1 heterocycles. The Bertz CT molecular complexity index is 1310. The molecule has 2 N–H and O–H groups in total. The number of likely N-dealkylation sites (N-methyl/N-ethyl adjacent to an activating group) is 2. The molecule has 1 aliphatic rings. The predicted octanol–water partition coefficient (Wildman–Crippen LogP) is 1.87. The lowest BCUT2D eigenvalue weighted by Gasteiger charge is -2.27. The first kappa shape index (κ1) is 35.9. The normalized spacial score (nSPS) is 15.5. The van der Waals surface area contributed by atoms with E-state index in [4.69, 9.17) is 4.74 Å². The fraction of sp³-hybridized carbons (Fsp3) is 0.400. The van der Waals surface area contributed by atoms with Crippen molar-refractivity contribution in [1.82, 2.24) is 19.2 Å². The smallest absolute Gasteiger partial charge is 0.330 e. The molecule has 1 saturated heterocycles. The van der Waals surface area contributed by atoms with E-state index in [0.717, 1.165) is 16.4 Å². The summed E-state index contributed by atoms with van der Waals surface area (Å²) in [4.78, 5) is 41.2. The number of hydrogen-bond acceptors (Lipinski definition) is 6. The van der Waals surface area contributed by atoms with Crippen molar-refractivity contribution in [2.75, 3.05) is 39.7 Å². The van der Waals surface area contributed by atoms with Crippen LogP contribution in [0.15, 0.2) is 42.5 Å². The van der Waals surface area contributed by atoms with Gasteiger partial charge in [-0.2, -0.15) is 39.7 Å². The number of nitrogens with one attached hydrogen (secondary N) is 2. The Kier molecular flexibility index (Phi) is 13.4. The molecule has 1 aliphatic heterocycles. The van der Waals surface area contributed by atoms with Gasteiger partial charge in [0.25, 0.3) is 0 Å². The Labute approximate surface area is 252 Å². The van der Waals surface area contributed by atoms with Crippen LogP contribution in [0.5, 0.6) is 5.75 Å². The Morgan fingerprint density at radius 1 is 1.05 bits per heavy atom. The zero-order chi connectivity index (χ0) is 28.9. The molecular formula is C25H35F2N5O6S3. The number of carbonyl (C=O) groups is 3. The van der Waals surface area contributed by atoms with Crippen LogP contribution in [0.1, 0.15) is 18.4 Å². The molecule has 3 rings (SSSR count). The molecule has 11 nitrogen and oxygen atoms in total. The SMILES string of the molecule is COc1ccc(N(C)C(=O)[C@H](Cc2cc(F)cc(F)c2)NC(=O)NS(=O)(=O)N2CCC[C@H]2C(=O)N(C)C)cc1.S.S. The van der Waals surface area contributed by atoms with Gasteiger partial charge in [0.15, 0.2) is 0 Å². The third-order valence-corrected chi connectivity index (χ3v) is 7.71. The minimum absolute atomic E-state index is 0. The maximum atomic E-state index is 13.8. The van der Waals surface area contributed by atoms with Gasteiger partial charge in [-0.05, 0) is 54.8 Å². The highest BCUT2D eigenvalue weighted by Gasteiger charge is 2.40. The van der Waals surface area contributed by atoms with Crippen LogP contribution < -0.4 is 19.7 Å². The van der Waals surface area contributed by atoms with Crippen LogP contribution in [0.3, 0.4) is 0 Å². The van der Waals surface area contributed by atoms with Gasteiger partial charge >= 0.3 is 16.2 Å². The van der Waals surface area contributed by atoms with Crippen molar-refractivity contribution in [3.05, 3.63) is 59.7 Å². The van der Waals surface area contributed by atoms with Crippen molar-refractivity contribution in [3.63, 3.8) is 0 Å². The maximum absolute atomic E-state index is 13.8. The van der Waals surface area contributed by atoms with Crippen LogP contribution >= 0.6 is 27.0 Å². The number of hydrogen-bond donors (Lipinski definition) is 2. The van der Waals surface area contributed by atoms with E-state index in [9.17, 15) is 31.6 Å². The summed E-state index contributed by atoms with van der Waals surface area (Å²) in [5.74, 6) is -2.32. The summed E-state index contributed by atoms with van der Waals surface area (Å²) in [5, 5.41) is 2.31.